The zero-order valence-electron chi connectivity index (χ0n) is 7.97. The minimum absolute atomic E-state index is 0.630. The molecule has 1 N–H and O–H groups in total. The van der Waals surface area contributed by atoms with Crippen LogP contribution in [0.2, 0.25) is 0 Å². The molecule has 0 spiro atoms. The summed E-state index contributed by atoms with van der Waals surface area (Å²) in [6.45, 7) is 1.55. The number of nitrogens with zero attached hydrogens (tertiary/aromatic N) is 4. The van der Waals surface area contributed by atoms with Crippen molar-refractivity contribution in [2.45, 2.75) is 6.54 Å². The van der Waals surface area contributed by atoms with Crippen molar-refractivity contribution < 1.29 is 0 Å². The predicted molar refractivity (Wildman–Crippen MR) is 60.4 cm³/mol. The van der Waals surface area contributed by atoms with Gasteiger partial charge in [-0.3, -0.25) is 4.68 Å². The van der Waals surface area contributed by atoms with E-state index in [1.54, 1.807) is 18.6 Å². The average molecular weight is 268 g/mol. The molecule has 0 aromatic carbocycles. The summed E-state index contributed by atoms with van der Waals surface area (Å²) in [7, 11) is 0. The van der Waals surface area contributed by atoms with Crippen LogP contribution in [0.15, 0.2) is 35.3 Å². The van der Waals surface area contributed by atoms with Gasteiger partial charge < -0.3 is 5.32 Å². The molecule has 78 valence electrons. The van der Waals surface area contributed by atoms with Gasteiger partial charge >= 0.3 is 0 Å². The van der Waals surface area contributed by atoms with Gasteiger partial charge in [0, 0.05) is 31.3 Å². The van der Waals surface area contributed by atoms with Gasteiger partial charge in [-0.15, -0.1) is 0 Å². The van der Waals surface area contributed by atoms with E-state index < -0.39 is 0 Å². The van der Waals surface area contributed by atoms with Gasteiger partial charge in [0.1, 0.15) is 0 Å². The topological polar surface area (TPSA) is 55.6 Å². The predicted octanol–water partition coefficient (Wildman–Crippen LogP) is 1.55. The molecule has 5 nitrogen and oxygen atoms in total. The molecular formula is C9H10BrN5. The molecule has 15 heavy (non-hydrogen) atoms. The first-order valence-electron chi connectivity index (χ1n) is 4.53. The lowest BCUT2D eigenvalue weighted by Crippen LogP contribution is -2.12. The van der Waals surface area contributed by atoms with Crippen molar-refractivity contribution >= 4 is 21.9 Å². The van der Waals surface area contributed by atoms with Crippen LogP contribution in [0.5, 0.6) is 0 Å². The van der Waals surface area contributed by atoms with Crippen molar-refractivity contribution in [2.75, 3.05) is 11.9 Å². The van der Waals surface area contributed by atoms with Crippen LogP contribution in [0.3, 0.4) is 0 Å². The Morgan fingerprint density at radius 3 is 2.80 bits per heavy atom. The highest BCUT2D eigenvalue weighted by Crippen LogP contribution is 2.06. The quantitative estimate of drug-likeness (QED) is 0.914. The highest BCUT2D eigenvalue weighted by atomic mass is 79.9. The van der Waals surface area contributed by atoms with E-state index in [2.05, 4.69) is 36.3 Å². The molecule has 2 aromatic heterocycles. The Kier molecular flexibility index (Phi) is 3.29. The van der Waals surface area contributed by atoms with Gasteiger partial charge in [-0.2, -0.15) is 5.10 Å². The van der Waals surface area contributed by atoms with Crippen LogP contribution in [0.25, 0.3) is 0 Å². The largest absolute Gasteiger partial charge is 0.352 e. The van der Waals surface area contributed by atoms with Gasteiger partial charge in [-0.1, -0.05) is 0 Å². The molecule has 0 radical (unpaired) electrons. The zero-order valence-corrected chi connectivity index (χ0v) is 9.55. The lowest BCUT2D eigenvalue weighted by Gasteiger charge is -2.04. The second-order valence-electron chi connectivity index (χ2n) is 2.92. The Morgan fingerprint density at radius 2 is 2.13 bits per heavy atom. The molecule has 0 aliphatic heterocycles. The van der Waals surface area contributed by atoms with E-state index in [1.165, 1.54) is 0 Å². The maximum Gasteiger partial charge on any atom is 0.222 e. The van der Waals surface area contributed by atoms with E-state index in [1.807, 2.05) is 16.9 Å². The number of hydrogen-bond acceptors (Lipinski definition) is 4. The molecule has 0 saturated heterocycles. The Balaban J connectivity index is 1.81. The summed E-state index contributed by atoms with van der Waals surface area (Å²) in [6, 6.07) is 1.90. The second kappa shape index (κ2) is 4.88. The maximum absolute atomic E-state index is 4.10. The van der Waals surface area contributed by atoms with Crippen molar-refractivity contribution in [3.8, 4) is 0 Å². The van der Waals surface area contributed by atoms with Gasteiger partial charge in [-0.05, 0) is 22.0 Å². The Hall–Kier alpha value is -1.43. The fourth-order valence-corrected chi connectivity index (χ4v) is 1.32. The fourth-order valence-electron chi connectivity index (χ4n) is 1.12. The van der Waals surface area contributed by atoms with E-state index in [0.717, 1.165) is 17.6 Å². The molecule has 2 rings (SSSR count). The standard InChI is InChI=1S/C9H10BrN5/c10-8-6-12-9(13-7-8)11-3-5-15-4-1-2-14-15/h1-2,4,6-7H,3,5H2,(H,11,12,13). The number of nitrogens with one attached hydrogen (secondary N) is 1. The third kappa shape index (κ3) is 3.02. The molecule has 0 unspecified atom stereocenters. The van der Waals surface area contributed by atoms with E-state index in [-0.39, 0.29) is 0 Å². The van der Waals surface area contributed by atoms with E-state index in [0.29, 0.717) is 5.95 Å². The van der Waals surface area contributed by atoms with Gasteiger partial charge in [0.25, 0.3) is 0 Å². The first-order valence-corrected chi connectivity index (χ1v) is 5.33. The van der Waals surface area contributed by atoms with E-state index >= 15 is 0 Å². The Bertz CT molecular complexity index is 397. The number of rotatable bonds is 4. The number of halogens is 1. The molecule has 0 aliphatic rings. The summed E-state index contributed by atoms with van der Waals surface area (Å²) in [4.78, 5) is 8.20. The number of hydrogen-bond donors (Lipinski definition) is 1. The van der Waals surface area contributed by atoms with Gasteiger partial charge in [0.05, 0.1) is 11.0 Å². The average Bonchev–Trinajstić information content (AvgIpc) is 2.74. The van der Waals surface area contributed by atoms with Crippen LogP contribution in [-0.4, -0.2) is 26.3 Å². The van der Waals surface area contributed by atoms with Crippen molar-refractivity contribution in [3.63, 3.8) is 0 Å². The molecule has 0 aliphatic carbocycles. The first-order chi connectivity index (χ1) is 7.34. The van der Waals surface area contributed by atoms with Crippen molar-refractivity contribution in [1.29, 1.82) is 0 Å². The van der Waals surface area contributed by atoms with Crippen LogP contribution in [0.4, 0.5) is 5.95 Å². The van der Waals surface area contributed by atoms with Crippen molar-refractivity contribution in [3.05, 3.63) is 35.3 Å². The molecule has 6 heteroatoms. The van der Waals surface area contributed by atoms with Crippen molar-refractivity contribution in [2.24, 2.45) is 0 Å². The zero-order chi connectivity index (χ0) is 10.5. The molecule has 0 saturated carbocycles. The van der Waals surface area contributed by atoms with Crippen LogP contribution >= 0.6 is 15.9 Å². The molecule has 0 bridgehead atoms. The second-order valence-corrected chi connectivity index (χ2v) is 3.84. The monoisotopic (exact) mass is 267 g/mol. The maximum atomic E-state index is 4.10. The van der Waals surface area contributed by atoms with E-state index in [9.17, 15) is 0 Å². The third-order valence-corrected chi connectivity index (χ3v) is 2.21. The first kappa shape index (κ1) is 10.1. The van der Waals surface area contributed by atoms with Gasteiger partial charge in [0.15, 0.2) is 0 Å². The SMILES string of the molecule is Brc1cnc(NCCn2cccn2)nc1. The highest BCUT2D eigenvalue weighted by molar-refractivity contribution is 9.10. The number of anilines is 1. The van der Waals surface area contributed by atoms with Gasteiger partial charge in [-0.25, -0.2) is 9.97 Å². The lowest BCUT2D eigenvalue weighted by atomic mass is 10.6. The molecular weight excluding hydrogens is 258 g/mol. The third-order valence-electron chi connectivity index (χ3n) is 1.80. The lowest BCUT2D eigenvalue weighted by molar-refractivity contribution is 0.636. The van der Waals surface area contributed by atoms with Crippen LogP contribution in [0.1, 0.15) is 0 Å². The van der Waals surface area contributed by atoms with Gasteiger partial charge in [0.2, 0.25) is 5.95 Å². The molecule has 0 amide bonds. The summed E-state index contributed by atoms with van der Waals surface area (Å²) in [5.41, 5.74) is 0. The summed E-state index contributed by atoms with van der Waals surface area (Å²) in [6.07, 6.45) is 7.10. The minimum atomic E-state index is 0.630. The highest BCUT2D eigenvalue weighted by Gasteiger charge is 1.95. The molecule has 0 fully saturated rings. The smallest absolute Gasteiger partial charge is 0.222 e. The molecule has 2 heterocycles. The van der Waals surface area contributed by atoms with Crippen LogP contribution in [-0.2, 0) is 6.54 Å². The normalized spacial score (nSPS) is 10.2. The summed E-state index contributed by atoms with van der Waals surface area (Å²) < 4.78 is 2.73. The van der Waals surface area contributed by atoms with Crippen LogP contribution in [0, 0.1) is 0 Å². The Labute approximate surface area is 95.7 Å². The fraction of sp³-hybridized carbons (Fsp3) is 0.222. The van der Waals surface area contributed by atoms with Crippen molar-refractivity contribution in [1.82, 2.24) is 19.7 Å². The minimum Gasteiger partial charge on any atom is -0.352 e. The summed E-state index contributed by atoms with van der Waals surface area (Å²) in [5.74, 6) is 0.630. The summed E-state index contributed by atoms with van der Waals surface area (Å²) in [5, 5.41) is 7.20. The Morgan fingerprint density at radius 1 is 1.33 bits per heavy atom. The number of aromatic nitrogens is 4. The summed E-state index contributed by atoms with van der Waals surface area (Å²) >= 11 is 3.28. The van der Waals surface area contributed by atoms with E-state index in [4.69, 9.17) is 0 Å². The van der Waals surface area contributed by atoms with Crippen LogP contribution < -0.4 is 5.32 Å². The molecule has 0 atom stereocenters. The molecule has 2 aromatic rings.